The highest BCUT2D eigenvalue weighted by Crippen LogP contribution is 2.76. The van der Waals surface area contributed by atoms with Crippen LogP contribution >= 0.6 is 11.8 Å². The molecule has 0 aromatic heterocycles. The van der Waals surface area contributed by atoms with Gasteiger partial charge in [0.15, 0.2) is 0 Å². The number of amides is 1. The lowest BCUT2D eigenvalue weighted by Gasteiger charge is -2.71. The summed E-state index contributed by atoms with van der Waals surface area (Å²) in [6, 6.07) is 0. The second-order valence-electron chi connectivity index (χ2n) is 32.6. The number of hydrogen-bond acceptors (Lipinski definition) is 5. The number of thioether (sulfide) groups is 1. The molecule has 520 valence electrons. The van der Waals surface area contributed by atoms with Gasteiger partial charge in [-0.15, -0.1) is 0 Å². The van der Waals surface area contributed by atoms with Crippen molar-refractivity contribution in [3.05, 3.63) is 140 Å². The Hall–Kier alpha value is -4.36. The number of allylic oxidation sites excluding steroid dienone is 21. The second kappa shape index (κ2) is 37.4. The van der Waals surface area contributed by atoms with Gasteiger partial charge in [-0.1, -0.05) is 177 Å². The molecule has 1 amide bonds. The molecule has 2 N–H and O–H groups in total. The van der Waals surface area contributed by atoms with Crippen LogP contribution in [0.4, 0.5) is 0 Å². The Morgan fingerprint density at radius 2 is 0.935 bits per heavy atom. The van der Waals surface area contributed by atoms with Gasteiger partial charge >= 0.3 is 11.9 Å². The third kappa shape index (κ3) is 23.7. The van der Waals surface area contributed by atoms with Crippen LogP contribution in [0.3, 0.4) is 0 Å². The number of carbonyl (C=O) groups is 3. The zero-order valence-electron chi connectivity index (χ0n) is 62.7. The van der Waals surface area contributed by atoms with Crippen LogP contribution in [0.15, 0.2) is 140 Å². The predicted octanol–water partition coefficient (Wildman–Crippen LogP) is 24.7. The molecule has 4 fully saturated rings. The number of esters is 1. The summed E-state index contributed by atoms with van der Waals surface area (Å²) in [6.07, 6.45) is 59.8. The van der Waals surface area contributed by atoms with Gasteiger partial charge in [0.25, 0.3) is 0 Å². The fourth-order valence-electron chi connectivity index (χ4n) is 17.7. The minimum Gasteiger partial charge on any atom is -0.478 e. The first-order valence-electron chi connectivity index (χ1n) is 37.1. The zero-order chi connectivity index (χ0) is 68.6. The lowest BCUT2D eigenvalue weighted by atomic mass is 9.33. The van der Waals surface area contributed by atoms with Crippen molar-refractivity contribution in [2.75, 3.05) is 18.1 Å². The highest BCUT2D eigenvalue weighted by molar-refractivity contribution is 7.99. The van der Waals surface area contributed by atoms with Crippen LogP contribution in [0.5, 0.6) is 0 Å². The summed E-state index contributed by atoms with van der Waals surface area (Å²) in [6.45, 7) is 42.9. The SMILES string of the molecule is CC(C)=CCC/C(C)=C/CC/C(C)=C/CC/C(C)=C/CC/C(C)=C/CC/C(C)=C/CC/C(C)=C/CC/C(C)=C/CC/C(C)=C/CC/C(C)=C/CSCCNC(=O)[C@]1(C)CC[C@]2(C)CC[C@]3(C)C(=CCC4[C@@]5(C)CC[C@H](OC(=O)/C=C/C(=O)O)C(C)(C)C5CC[C@]43C)[C@H]2C1. The first-order valence-corrected chi connectivity index (χ1v) is 38.2. The monoisotopic (exact) mass is 1290 g/mol. The maximum atomic E-state index is 14.3. The average Bonchev–Trinajstić information content (AvgIpc) is 0.681. The third-order valence-corrected chi connectivity index (χ3v) is 25.3. The van der Waals surface area contributed by atoms with Crippen LogP contribution in [0.1, 0.15) is 304 Å². The van der Waals surface area contributed by atoms with E-state index < -0.39 is 11.9 Å². The molecule has 2 unspecified atom stereocenters. The van der Waals surface area contributed by atoms with E-state index in [-0.39, 0.29) is 44.5 Å². The lowest BCUT2D eigenvalue weighted by molar-refractivity contribution is -0.211. The van der Waals surface area contributed by atoms with E-state index >= 15 is 0 Å². The predicted molar refractivity (Wildman–Crippen MR) is 402 cm³/mol. The van der Waals surface area contributed by atoms with Crippen molar-refractivity contribution in [2.45, 2.75) is 311 Å². The molecule has 0 aromatic rings. The molecular formula is C86H135NO5S. The Morgan fingerprint density at radius 3 is 1.37 bits per heavy atom. The molecule has 5 aliphatic rings. The number of fused-ring (bicyclic) bond motifs is 7. The Kier molecular flexibility index (Phi) is 31.9. The van der Waals surface area contributed by atoms with Crippen molar-refractivity contribution in [2.24, 2.45) is 50.2 Å². The molecule has 9 atom stereocenters. The van der Waals surface area contributed by atoms with E-state index in [2.05, 4.69) is 197 Å². The molecule has 5 aliphatic carbocycles. The quantitative estimate of drug-likeness (QED) is 0.0281. The third-order valence-electron chi connectivity index (χ3n) is 24.4. The molecule has 5 rings (SSSR count). The van der Waals surface area contributed by atoms with Gasteiger partial charge in [0.1, 0.15) is 6.10 Å². The van der Waals surface area contributed by atoms with E-state index in [0.717, 1.165) is 171 Å². The molecule has 0 aliphatic heterocycles. The summed E-state index contributed by atoms with van der Waals surface area (Å²) in [7, 11) is 0. The maximum absolute atomic E-state index is 14.3. The largest absolute Gasteiger partial charge is 0.478 e. The first-order chi connectivity index (χ1) is 43.9. The molecule has 4 saturated carbocycles. The Bertz CT molecular complexity index is 2880. The fraction of sp³-hybridized carbons (Fsp3) is 0.686. The summed E-state index contributed by atoms with van der Waals surface area (Å²) in [5, 5.41) is 12.5. The van der Waals surface area contributed by atoms with Gasteiger partial charge in [0.05, 0.1) is 0 Å². The molecule has 0 saturated heterocycles. The summed E-state index contributed by atoms with van der Waals surface area (Å²) in [5.41, 5.74) is 16.5. The first kappa shape index (κ1) is 79.3. The molecule has 93 heavy (non-hydrogen) atoms. The van der Waals surface area contributed by atoms with Crippen LogP contribution in [-0.4, -0.2) is 47.1 Å². The van der Waals surface area contributed by atoms with Crippen molar-refractivity contribution in [3.63, 3.8) is 0 Å². The molecular weight excluding hydrogens is 1160 g/mol. The zero-order valence-corrected chi connectivity index (χ0v) is 63.5. The molecule has 0 spiro atoms. The number of ether oxygens (including phenoxy) is 1. The lowest BCUT2D eigenvalue weighted by Crippen LogP contribution is -2.64. The van der Waals surface area contributed by atoms with Crippen LogP contribution in [0, 0.1) is 50.2 Å². The molecule has 0 bridgehead atoms. The van der Waals surface area contributed by atoms with Crippen molar-refractivity contribution >= 4 is 29.6 Å². The minimum atomic E-state index is -1.14. The summed E-state index contributed by atoms with van der Waals surface area (Å²) < 4.78 is 6.00. The van der Waals surface area contributed by atoms with Crippen LogP contribution in [0.25, 0.3) is 0 Å². The van der Waals surface area contributed by atoms with Crippen LogP contribution in [-0.2, 0) is 19.1 Å². The Balaban J connectivity index is 0.928. The highest BCUT2D eigenvalue weighted by atomic mass is 32.2. The van der Waals surface area contributed by atoms with Gasteiger partial charge in [-0.2, -0.15) is 11.8 Å². The Labute approximate surface area is 575 Å². The van der Waals surface area contributed by atoms with E-state index in [9.17, 15) is 14.4 Å². The molecule has 0 aromatic carbocycles. The number of nitrogens with one attached hydrogen (secondary N) is 1. The molecule has 7 heteroatoms. The molecule has 0 radical (unpaired) electrons. The van der Waals surface area contributed by atoms with Gasteiger partial charge in [0, 0.05) is 41.0 Å². The number of hydrogen-bond donors (Lipinski definition) is 2. The topological polar surface area (TPSA) is 92.7 Å². The fourth-order valence-corrected chi connectivity index (χ4v) is 18.5. The van der Waals surface area contributed by atoms with E-state index in [1.165, 1.54) is 87.8 Å². The van der Waals surface area contributed by atoms with Gasteiger partial charge in [-0.25, -0.2) is 9.59 Å². The van der Waals surface area contributed by atoms with Gasteiger partial charge in [0.2, 0.25) is 5.91 Å². The number of rotatable bonds is 36. The summed E-state index contributed by atoms with van der Waals surface area (Å²) in [4.78, 5) is 38.1. The average molecular weight is 1300 g/mol. The smallest absolute Gasteiger partial charge is 0.331 e. The van der Waals surface area contributed by atoms with Crippen molar-refractivity contribution in [3.8, 4) is 0 Å². The summed E-state index contributed by atoms with van der Waals surface area (Å²) in [5.74, 6) is 1.75. The van der Waals surface area contributed by atoms with E-state index in [1.54, 1.807) is 5.57 Å². The van der Waals surface area contributed by atoms with E-state index in [4.69, 9.17) is 9.84 Å². The number of carboxylic acid groups (broad SMARTS) is 1. The van der Waals surface area contributed by atoms with E-state index in [1.807, 2.05) is 11.8 Å². The number of carboxylic acids is 1. The Morgan fingerprint density at radius 1 is 0.516 bits per heavy atom. The van der Waals surface area contributed by atoms with Gasteiger partial charge in [-0.05, 0) is 295 Å². The summed E-state index contributed by atoms with van der Waals surface area (Å²) >= 11 is 1.92. The van der Waals surface area contributed by atoms with Crippen molar-refractivity contribution in [1.82, 2.24) is 5.32 Å². The van der Waals surface area contributed by atoms with Crippen LogP contribution in [0.2, 0.25) is 0 Å². The number of carbonyl (C=O) groups excluding carboxylic acids is 2. The van der Waals surface area contributed by atoms with Gasteiger partial charge < -0.3 is 15.2 Å². The standard InChI is InChI=1S/C86H135NO5S/c1-63(2)28-19-29-64(3)30-20-31-65(4)32-21-33-66(5)34-22-35-67(6)36-23-37-68(7)38-24-39-69(8)40-25-41-70(9)42-26-43-71(10)44-27-45-72(11)52-60-93-61-59-87-80(91)83(15)56-55-82(14)57-58-85(17)73(74(82)62-83)46-47-76-84(16)53-51-77(92-79(90)49-48-78(88)89)81(12,13)75(84)50-54-86(76,85)18/h28,30,32,34,36,38,40,42,44,46,48-49,52,74-77H,19-27,29,31,33,35,37,39,41,43,45,47,50-51,53-62H2,1-18H3,(H,87,91)(H,88,89)/b49-48+,64-30+,65-32+,66-34+,67-36+,68-38+,69-40+,70-42+,71-44+,72-52+/t74-,75?,76?,77+,82-,83-,84+,85-,86-/m1/s1. The van der Waals surface area contributed by atoms with Crippen LogP contribution < -0.4 is 5.32 Å². The van der Waals surface area contributed by atoms with Crippen molar-refractivity contribution in [1.29, 1.82) is 0 Å². The van der Waals surface area contributed by atoms with Gasteiger partial charge in [-0.3, -0.25) is 4.79 Å². The second-order valence-corrected chi connectivity index (χ2v) is 33.8. The normalized spacial score (nSPS) is 29.1. The highest BCUT2D eigenvalue weighted by Gasteiger charge is 2.68. The minimum absolute atomic E-state index is 0.0704. The molecule has 6 nitrogen and oxygen atoms in total. The number of aliphatic carboxylic acids is 1. The maximum Gasteiger partial charge on any atom is 0.331 e. The van der Waals surface area contributed by atoms with Crippen molar-refractivity contribution < 1.29 is 24.2 Å². The molecule has 0 heterocycles. The van der Waals surface area contributed by atoms with E-state index in [0.29, 0.717) is 24.3 Å².